The number of carbonyl (C=O) groups is 2. The quantitative estimate of drug-likeness (QED) is 0.507. The van der Waals surface area contributed by atoms with Crippen molar-refractivity contribution in [2.75, 3.05) is 13.1 Å². The maximum absolute atomic E-state index is 13.7. The first-order chi connectivity index (χ1) is 16.0. The number of hydrogen-bond acceptors (Lipinski definition) is 2. The van der Waals surface area contributed by atoms with Gasteiger partial charge in [0.15, 0.2) is 0 Å². The van der Waals surface area contributed by atoms with Crippen molar-refractivity contribution in [3.63, 3.8) is 0 Å². The Bertz CT molecular complexity index is 1400. The lowest BCUT2D eigenvalue weighted by atomic mass is 9.84. The molecule has 5 heteroatoms. The summed E-state index contributed by atoms with van der Waals surface area (Å²) in [6, 6.07) is 21.9. The van der Waals surface area contributed by atoms with Gasteiger partial charge < -0.3 is 14.8 Å². The summed E-state index contributed by atoms with van der Waals surface area (Å²) in [4.78, 5) is 34.5. The van der Waals surface area contributed by atoms with E-state index in [0.29, 0.717) is 18.9 Å². The number of nitrogens with zero attached hydrogens (tertiary/aromatic N) is 2. The number of H-pyrrole nitrogens is 1. The molecule has 0 radical (unpaired) electrons. The highest BCUT2D eigenvalue weighted by molar-refractivity contribution is 5.98. The highest BCUT2D eigenvalue weighted by Gasteiger charge is 2.48. The molecule has 3 aromatic carbocycles. The molecule has 2 amide bonds. The summed E-state index contributed by atoms with van der Waals surface area (Å²) in [5, 5.41) is 3.38. The number of amides is 2. The van der Waals surface area contributed by atoms with Gasteiger partial charge in [-0.3, -0.25) is 9.59 Å². The summed E-state index contributed by atoms with van der Waals surface area (Å²) in [5.74, 6) is 0.390. The highest BCUT2D eigenvalue weighted by Crippen LogP contribution is 2.44. The monoisotopic (exact) mass is 437 g/mol. The second kappa shape index (κ2) is 7.48. The molecule has 1 aromatic heterocycles. The third kappa shape index (κ3) is 3.06. The molecule has 0 spiro atoms. The van der Waals surface area contributed by atoms with E-state index in [0.717, 1.165) is 38.5 Å². The summed E-state index contributed by atoms with van der Waals surface area (Å²) in [5.41, 5.74) is 4.29. The van der Waals surface area contributed by atoms with Gasteiger partial charge in [0.1, 0.15) is 6.04 Å². The van der Waals surface area contributed by atoms with Crippen molar-refractivity contribution in [3.8, 4) is 0 Å². The fourth-order valence-corrected chi connectivity index (χ4v) is 5.73. The maximum Gasteiger partial charge on any atom is 0.246 e. The SMILES string of the molecule is CC(C)CN1CC(=O)N2C(Cc3c([nH]c4ccccc34)C2c2cccc3ccccc23)C1=O. The zero-order valence-electron chi connectivity index (χ0n) is 18.9. The number of nitrogens with one attached hydrogen (secondary N) is 1. The normalized spacial score (nSPS) is 20.6. The minimum atomic E-state index is -0.485. The molecule has 166 valence electrons. The van der Waals surface area contributed by atoms with E-state index in [1.165, 1.54) is 0 Å². The van der Waals surface area contributed by atoms with Gasteiger partial charge in [0, 0.05) is 29.6 Å². The highest BCUT2D eigenvalue weighted by atomic mass is 16.2. The average Bonchev–Trinajstić information content (AvgIpc) is 3.19. The molecule has 2 atom stereocenters. The van der Waals surface area contributed by atoms with Crippen LogP contribution in [0.25, 0.3) is 21.7 Å². The van der Waals surface area contributed by atoms with Crippen LogP contribution in [-0.4, -0.2) is 45.7 Å². The first-order valence-corrected chi connectivity index (χ1v) is 11.7. The van der Waals surface area contributed by atoms with Crippen LogP contribution in [0.4, 0.5) is 0 Å². The Morgan fingerprint density at radius 1 is 0.939 bits per heavy atom. The van der Waals surface area contributed by atoms with Crippen molar-refractivity contribution >= 4 is 33.5 Å². The smallest absolute Gasteiger partial charge is 0.246 e. The van der Waals surface area contributed by atoms with Crippen LogP contribution < -0.4 is 0 Å². The maximum atomic E-state index is 13.7. The number of fused-ring (bicyclic) bond motifs is 5. The third-order valence-corrected chi connectivity index (χ3v) is 7.05. The van der Waals surface area contributed by atoms with Gasteiger partial charge >= 0.3 is 0 Å². The van der Waals surface area contributed by atoms with Gasteiger partial charge in [0.05, 0.1) is 12.6 Å². The predicted octanol–water partition coefficient (Wildman–Crippen LogP) is 4.66. The fraction of sp³-hybridized carbons (Fsp3) is 0.286. The first kappa shape index (κ1) is 20.0. The van der Waals surface area contributed by atoms with Crippen molar-refractivity contribution < 1.29 is 9.59 Å². The Balaban J connectivity index is 1.59. The zero-order valence-corrected chi connectivity index (χ0v) is 18.9. The summed E-state index contributed by atoms with van der Waals surface area (Å²) < 4.78 is 0. The first-order valence-electron chi connectivity index (χ1n) is 11.7. The van der Waals surface area contributed by atoms with Gasteiger partial charge in [0.2, 0.25) is 11.8 Å². The molecule has 2 aliphatic heterocycles. The predicted molar refractivity (Wildman–Crippen MR) is 130 cm³/mol. The van der Waals surface area contributed by atoms with Gasteiger partial charge in [-0.1, -0.05) is 74.5 Å². The number of benzene rings is 3. The molecule has 0 bridgehead atoms. The molecule has 0 saturated carbocycles. The van der Waals surface area contributed by atoms with Crippen LogP contribution in [0.1, 0.15) is 36.7 Å². The standard InChI is InChI=1S/C28H27N3O2/c1-17(2)15-30-16-25(32)31-24(28(30)33)14-22-20-11-5-6-13-23(20)29-26(22)27(31)21-12-7-9-18-8-3-4-10-19(18)21/h3-13,17,24,27,29H,14-16H2,1-2H3. The van der Waals surface area contributed by atoms with Gasteiger partial charge in [-0.25, -0.2) is 0 Å². The van der Waals surface area contributed by atoms with E-state index in [4.69, 9.17) is 0 Å². The zero-order chi connectivity index (χ0) is 22.7. The summed E-state index contributed by atoms with van der Waals surface area (Å²) in [6.07, 6.45) is 0.541. The summed E-state index contributed by atoms with van der Waals surface area (Å²) in [7, 11) is 0. The Kier molecular flexibility index (Phi) is 4.54. The van der Waals surface area contributed by atoms with Gasteiger partial charge in [-0.05, 0) is 33.9 Å². The number of aromatic amines is 1. The fourth-order valence-electron chi connectivity index (χ4n) is 5.73. The van der Waals surface area contributed by atoms with Crippen LogP contribution in [0.2, 0.25) is 0 Å². The molecule has 2 unspecified atom stereocenters. The molecule has 5 nitrogen and oxygen atoms in total. The van der Waals surface area contributed by atoms with E-state index in [1.54, 1.807) is 4.90 Å². The van der Waals surface area contributed by atoms with E-state index in [1.807, 2.05) is 35.2 Å². The minimum absolute atomic E-state index is 0.0162. The molecule has 1 fully saturated rings. The summed E-state index contributed by atoms with van der Waals surface area (Å²) in [6.45, 7) is 4.92. The van der Waals surface area contributed by atoms with Crippen LogP contribution in [0.3, 0.4) is 0 Å². The number of rotatable bonds is 3. The van der Waals surface area contributed by atoms with E-state index in [9.17, 15) is 9.59 Å². The lowest BCUT2D eigenvalue weighted by Crippen LogP contribution is -2.63. The molecule has 1 N–H and O–H groups in total. The van der Waals surface area contributed by atoms with Gasteiger partial charge in [-0.2, -0.15) is 0 Å². The van der Waals surface area contributed by atoms with Crippen molar-refractivity contribution in [2.45, 2.75) is 32.4 Å². The van der Waals surface area contributed by atoms with Crippen molar-refractivity contribution in [1.29, 1.82) is 0 Å². The topological polar surface area (TPSA) is 56.4 Å². The van der Waals surface area contributed by atoms with E-state index in [2.05, 4.69) is 55.2 Å². The third-order valence-electron chi connectivity index (χ3n) is 7.05. The molecule has 0 aliphatic carbocycles. The molecule has 4 aromatic rings. The lowest BCUT2D eigenvalue weighted by molar-refractivity contribution is -0.159. The van der Waals surface area contributed by atoms with Crippen LogP contribution in [0.5, 0.6) is 0 Å². The van der Waals surface area contributed by atoms with Crippen LogP contribution in [0.15, 0.2) is 66.7 Å². The average molecular weight is 438 g/mol. The Labute approximate surface area is 193 Å². The molecule has 33 heavy (non-hydrogen) atoms. The Hall–Kier alpha value is -3.60. The molecule has 1 saturated heterocycles. The molecule has 6 rings (SSSR count). The van der Waals surface area contributed by atoms with Crippen LogP contribution in [0, 0.1) is 5.92 Å². The minimum Gasteiger partial charge on any atom is -0.356 e. The van der Waals surface area contributed by atoms with E-state index < -0.39 is 6.04 Å². The largest absolute Gasteiger partial charge is 0.356 e. The van der Waals surface area contributed by atoms with Crippen molar-refractivity contribution in [1.82, 2.24) is 14.8 Å². The van der Waals surface area contributed by atoms with Crippen LogP contribution >= 0.6 is 0 Å². The Morgan fingerprint density at radius 3 is 2.48 bits per heavy atom. The lowest BCUT2D eigenvalue weighted by Gasteiger charge is -2.47. The van der Waals surface area contributed by atoms with E-state index in [-0.39, 0.29) is 24.4 Å². The number of para-hydroxylation sites is 1. The number of aromatic nitrogens is 1. The Morgan fingerprint density at radius 2 is 1.67 bits per heavy atom. The molecule has 2 aliphatic rings. The van der Waals surface area contributed by atoms with Crippen LogP contribution in [-0.2, 0) is 16.0 Å². The number of carbonyl (C=O) groups excluding carboxylic acids is 2. The molecular formula is C28H27N3O2. The second-order valence-corrected chi connectivity index (χ2v) is 9.67. The van der Waals surface area contributed by atoms with Crippen molar-refractivity contribution in [2.24, 2.45) is 5.92 Å². The molecule has 3 heterocycles. The van der Waals surface area contributed by atoms with Gasteiger partial charge in [-0.15, -0.1) is 0 Å². The second-order valence-electron chi connectivity index (χ2n) is 9.67. The summed E-state index contributed by atoms with van der Waals surface area (Å²) >= 11 is 0. The molecular weight excluding hydrogens is 410 g/mol. The number of hydrogen-bond donors (Lipinski definition) is 1. The van der Waals surface area contributed by atoms with Gasteiger partial charge in [0.25, 0.3) is 0 Å². The van der Waals surface area contributed by atoms with E-state index >= 15 is 0 Å². The van der Waals surface area contributed by atoms with Crippen molar-refractivity contribution in [3.05, 3.63) is 83.6 Å². The number of piperazine rings is 1.